The minimum Gasteiger partial charge on any atom is -0.225 e. The van der Waals surface area contributed by atoms with Crippen molar-refractivity contribution in [1.29, 1.82) is 0 Å². The molecule has 0 aromatic heterocycles. The summed E-state index contributed by atoms with van der Waals surface area (Å²) in [7, 11) is 0. The number of hydrogen-bond donors (Lipinski definition) is 0. The second-order valence-electron chi connectivity index (χ2n) is 3.76. The molecule has 1 radical (unpaired) electrons. The van der Waals surface area contributed by atoms with E-state index in [1.165, 1.54) is 5.56 Å². The predicted octanol–water partition coefficient (Wildman–Crippen LogP) is 2.97. The molecule has 0 aliphatic heterocycles. The van der Waals surface area contributed by atoms with Crippen LogP contribution in [0.1, 0.15) is 30.5 Å². The molecule has 0 unspecified atom stereocenters. The zero-order chi connectivity index (χ0) is 9.35. The van der Waals surface area contributed by atoms with E-state index >= 15 is 0 Å². The first-order valence-corrected chi connectivity index (χ1v) is 4.20. The topological polar surface area (TPSA) is 19.9 Å². The molecular weight excluding hydrogens is 148 g/mol. The van der Waals surface area contributed by atoms with Gasteiger partial charge in [0, 0.05) is 0 Å². The van der Waals surface area contributed by atoms with E-state index < -0.39 is 5.60 Å². The molecule has 0 fully saturated rings. The van der Waals surface area contributed by atoms with Gasteiger partial charge < -0.3 is 0 Å². The molecule has 0 aliphatic rings. The van der Waals surface area contributed by atoms with Crippen LogP contribution in [0.15, 0.2) is 18.2 Å². The number of benzene rings is 1. The van der Waals surface area contributed by atoms with Crippen molar-refractivity contribution in [2.24, 2.45) is 0 Å². The Hall–Kier alpha value is -0.820. The zero-order valence-electron chi connectivity index (χ0n) is 8.14. The van der Waals surface area contributed by atoms with Crippen molar-refractivity contribution in [2.45, 2.75) is 33.3 Å². The fraction of sp³-hybridized carbons (Fsp3) is 0.455. The van der Waals surface area contributed by atoms with E-state index in [4.69, 9.17) is 0 Å². The SMILES string of the molecule is Cc1cccc(C(C)(C)[O])c1C. The summed E-state index contributed by atoms with van der Waals surface area (Å²) in [6, 6.07) is 5.89. The van der Waals surface area contributed by atoms with Gasteiger partial charge in [-0.25, -0.2) is 5.11 Å². The third-order valence-corrected chi connectivity index (χ3v) is 2.25. The summed E-state index contributed by atoms with van der Waals surface area (Å²) in [5.74, 6) is 0. The van der Waals surface area contributed by atoms with E-state index in [2.05, 4.69) is 0 Å². The van der Waals surface area contributed by atoms with Crippen molar-refractivity contribution in [2.75, 3.05) is 0 Å². The van der Waals surface area contributed by atoms with Gasteiger partial charge in [-0.3, -0.25) is 0 Å². The van der Waals surface area contributed by atoms with Crippen LogP contribution in [0.25, 0.3) is 0 Å². The van der Waals surface area contributed by atoms with Gasteiger partial charge in [-0.2, -0.15) is 0 Å². The molecule has 0 spiro atoms. The van der Waals surface area contributed by atoms with E-state index in [1.807, 2.05) is 32.0 Å². The average Bonchev–Trinajstić information content (AvgIpc) is 1.92. The molecule has 1 aromatic carbocycles. The summed E-state index contributed by atoms with van der Waals surface area (Å²) in [6.45, 7) is 7.44. The van der Waals surface area contributed by atoms with Crippen LogP contribution in [0.4, 0.5) is 0 Å². The summed E-state index contributed by atoms with van der Waals surface area (Å²) in [5, 5.41) is 11.7. The van der Waals surface area contributed by atoms with Crippen molar-refractivity contribution in [3.8, 4) is 0 Å². The van der Waals surface area contributed by atoms with E-state index in [1.54, 1.807) is 13.8 Å². The van der Waals surface area contributed by atoms with Crippen LogP contribution in [0, 0.1) is 13.8 Å². The second-order valence-corrected chi connectivity index (χ2v) is 3.76. The van der Waals surface area contributed by atoms with Crippen LogP contribution >= 0.6 is 0 Å². The van der Waals surface area contributed by atoms with Gasteiger partial charge in [0.2, 0.25) is 0 Å². The smallest absolute Gasteiger partial charge is 0.123 e. The Bertz CT molecular complexity index is 282. The Kier molecular flexibility index (Phi) is 2.25. The Morgan fingerprint density at radius 1 is 1.17 bits per heavy atom. The lowest BCUT2D eigenvalue weighted by Crippen LogP contribution is -2.15. The lowest BCUT2D eigenvalue weighted by atomic mass is 9.91. The van der Waals surface area contributed by atoms with Crippen LogP contribution < -0.4 is 0 Å². The monoisotopic (exact) mass is 163 g/mol. The molecule has 1 rings (SSSR count). The highest BCUT2D eigenvalue weighted by atomic mass is 16.3. The first kappa shape index (κ1) is 9.27. The molecular formula is C11H15O. The Morgan fingerprint density at radius 2 is 1.75 bits per heavy atom. The number of aryl methyl sites for hydroxylation is 1. The van der Waals surface area contributed by atoms with Gasteiger partial charge in [0.05, 0.1) is 0 Å². The zero-order valence-corrected chi connectivity index (χ0v) is 8.14. The average molecular weight is 163 g/mol. The lowest BCUT2D eigenvalue weighted by molar-refractivity contribution is -0.000668. The van der Waals surface area contributed by atoms with Gasteiger partial charge in [-0.1, -0.05) is 18.2 Å². The highest BCUT2D eigenvalue weighted by molar-refractivity contribution is 5.36. The van der Waals surface area contributed by atoms with Gasteiger partial charge in [-0.05, 0) is 44.4 Å². The first-order valence-electron chi connectivity index (χ1n) is 4.20. The van der Waals surface area contributed by atoms with Crippen molar-refractivity contribution in [1.82, 2.24) is 0 Å². The Labute approximate surface area is 74.1 Å². The van der Waals surface area contributed by atoms with Crippen LogP contribution in [0.3, 0.4) is 0 Å². The van der Waals surface area contributed by atoms with Gasteiger partial charge in [0.1, 0.15) is 5.60 Å². The van der Waals surface area contributed by atoms with Crippen molar-refractivity contribution < 1.29 is 5.11 Å². The van der Waals surface area contributed by atoms with Gasteiger partial charge in [-0.15, -0.1) is 0 Å². The van der Waals surface area contributed by atoms with E-state index in [0.29, 0.717) is 0 Å². The molecule has 65 valence electrons. The quantitative estimate of drug-likeness (QED) is 0.606. The molecule has 0 atom stereocenters. The molecule has 0 aliphatic carbocycles. The standard InChI is InChI=1S/C11H15O/c1-8-6-5-7-10(9(8)2)11(3,4)12/h5-7H,1-4H3. The van der Waals surface area contributed by atoms with Crippen molar-refractivity contribution >= 4 is 0 Å². The number of rotatable bonds is 1. The van der Waals surface area contributed by atoms with E-state index in [-0.39, 0.29) is 0 Å². The maximum atomic E-state index is 11.7. The van der Waals surface area contributed by atoms with Crippen molar-refractivity contribution in [3.05, 3.63) is 34.9 Å². The molecule has 0 bridgehead atoms. The third-order valence-electron chi connectivity index (χ3n) is 2.25. The highest BCUT2D eigenvalue weighted by Gasteiger charge is 2.20. The van der Waals surface area contributed by atoms with Gasteiger partial charge in [0.25, 0.3) is 0 Å². The minimum atomic E-state index is -0.976. The van der Waals surface area contributed by atoms with E-state index in [0.717, 1.165) is 11.1 Å². The third kappa shape index (κ3) is 1.67. The highest BCUT2D eigenvalue weighted by Crippen LogP contribution is 2.25. The summed E-state index contributed by atoms with van der Waals surface area (Å²) >= 11 is 0. The molecule has 1 aromatic rings. The molecule has 1 nitrogen and oxygen atoms in total. The lowest BCUT2D eigenvalue weighted by Gasteiger charge is -2.18. The molecule has 0 N–H and O–H groups in total. The Morgan fingerprint density at radius 3 is 2.17 bits per heavy atom. The normalized spacial score (nSPS) is 11.8. The molecule has 12 heavy (non-hydrogen) atoms. The van der Waals surface area contributed by atoms with Crippen LogP contribution in [0.5, 0.6) is 0 Å². The predicted molar refractivity (Wildman–Crippen MR) is 49.6 cm³/mol. The maximum Gasteiger partial charge on any atom is 0.123 e. The Balaban J connectivity index is 3.26. The molecule has 0 heterocycles. The largest absolute Gasteiger partial charge is 0.225 e. The van der Waals surface area contributed by atoms with E-state index in [9.17, 15) is 5.11 Å². The summed E-state index contributed by atoms with van der Waals surface area (Å²) in [4.78, 5) is 0. The maximum absolute atomic E-state index is 11.7. The fourth-order valence-electron chi connectivity index (χ4n) is 1.40. The van der Waals surface area contributed by atoms with Crippen molar-refractivity contribution in [3.63, 3.8) is 0 Å². The molecule has 0 amide bonds. The first-order chi connectivity index (χ1) is 5.43. The van der Waals surface area contributed by atoms with Gasteiger partial charge >= 0.3 is 0 Å². The fourth-order valence-corrected chi connectivity index (χ4v) is 1.40. The molecule has 0 saturated heterocycles. The number of hydrogen-bond acceptors (Lipinski definition) is 0. The summed E-state index contributed by atoms with van der Waals surface area (Å²) in [6.07, 6.45) is 0. The summed E-state index contributed by atoms with van der Waals surface area (Å²) in [5.41, 5.74) is 2.24. The second kappa shape index (κ2) is 2.91. The van der Waals surface area contributed by atoms with Crippen LogP contribution in [-0.4, -0.2) is 0 Å². The minimum absolute atomic E-state index is 0.905. The molecule has 0 saturated carbocycles. The van der Waals surface area contributed by atoms with Gasteiger partial charge in [0.15, 0.2) is 0 Å². The van der Waals surface area contributed by atoms with Crippen LogP contribution in [-0.2, 0) is 10.7 Å². The van der Waals surface area contributed by atoms with Crippen LogP contribution in [0.2, 0.25) is 0 Å². The summed E-state index contributed by atoms with van der Waals surface area (Å²) < 4.78 is 0. The molecule has 1 heteroatoms.